The SMILES string of the molecule is COC(=O)c1cc(CNC(=O)C2CCN(c3nc4ccccc4o3)CC2)oc1C. The van der Waals surface area contributed by atoms with E-state index in [2.05, 4.69) is 15.2 Å². The van der Waals surface area contributed by atoms with Gasteiger partial charge in [0.25, 0.3) is 6.01 Å². The third-order valence-electron chi connectivity index (χ3n) is 5.23. The Bertz CT molecular complexity index is 997. The highest BCUT2D eigenvalue weighted by atomic mass is 16.5. The van der Waals surface area contributed by atoms with Crippen LogP contribution in [0.3, 0.4) is 0 Å². The van der Waals surface area contributed by atoms with E-state index in [0.717, 1.165) is 23.9 Å². The van der Waals surface area contributed by atoms with Gasteiger partial charge >= 0.3 is 5.97 Å². The van der Waals surface area contributed by atoms with E-state index in [9.17, 15) is 9.59 Å². The molecule has 0 radical (unpaired) electrons. The van der Waals surface area contributed by atoms with Crippen molar-refractivity contribution < 1.29 is 23.2 Å². The first-order chi connectivity index (χ1) is 14.0. The van der Waals surface area contributed by atoms with Crippen molar-refractivity contribution in [3.05, 3.63) is 47.4 Å². The number of nitrogens with one attached hydrogen (secondary N) is 1. The van der Waals surface area contributed by atoms with E-state index in [-0.39, 0.29) is 18.4 Å². The quantitative estimate of drug-likeness (QED) is 0.661. The second-order valence-corrected chi connectivity index (χ2v) is 7.12. The number of methoxy groups -OCH3 is 1. The van der Waals surface area contributed by atoms with Crippen molar-refractivity contribution in [2.75, 3.05) is 25.1 Å². The van der Waals surface area contributed by atoms with Crippen molar-refractivity contribution in [1.29, 1.82) is 0 Å². The number of esters is 1. The molecule has 1 N–H and O–H groups in total. The molecule has 8 heteroatoms. The zero-order valence-corrected chi connectivity index (χ0v) is 16.4. The van der Waals surface area contributed by atoms with E-state index in [1.165, 1.54) is 7.11 Å². The molecule has 0 saturated carbocycles. The third kappa shape index (κ3) is 3.96. The number of piperidine rings is 1. The molecule has 1 fully saturated rings. The number of amides is 1. The van der Waals surface area contributed by atoms with Gasteiger partial charge in [-0.3, -0.25) is 4.79 Å². The molecule has 8 nitrogen and oxygen atoms in total. The normalized spacial score (nSPS) is 14.9. The summed E-state index contributed by atoms with van der Waals surface area (Å²) in [6, 6.07) is 9.88. The Morgan fingerprint density at radius 1 is 1.24 bits per heavy atom. The minimum Gasteiger partial charge on any atom is -0.465 e. The molecule has 1 amide bonds. The minimum atomic E-state index is -0.449. The fraction of sp³-hybridized carbons (Fsp3) is 0.381. The molecule has 152 valence electrons. The maximum absolute atomic E-state index is 12.5. The molecule has 3 heterocycles. The number of hydrogen-bond acceptors (Lipinski definition) is 7. The molecule has 0 atom stereocenters. The number of oxazole rings is 1. The lowest BCUT2D eigenvalue weighted by atomic mass is 9.96. The summed E-state index contributed by atoms with van der Waals surface area (Å²) in [6.07, 6.45) is 1.43. The van der Waals surface area contributed by atoms with Crippen molar-refractivity contribution in [2.45, 2.75) is 26.3 Å². The average molecular weight is 397 g/mol. The van der Waals surface area contributed by atoms with Crippen LogP contribution in [0.4, 0.5) is 6.01 Å². The lowest BCUT2D eigenvalue weighted by Crippen LogP contribution is -2.40. The fourth-order valence-corrected chi connectivity index (χ4v) is 3.59. The summed E-state index contributed by atoms with van der Waals surface area (Å²) in [7, 11) is 1.32. The van der Waals surface area contributed by atoms with Crippen molar-refractivity contribution in [3.63, 3.8) is 0 Å². The number of furan rings is 1. The van der Waals surface area contributed by atoms with Gasteiger partial charge in [-0.1, -0.05) is 12.1 Å². The van der Waals surface area contributed by atoms with Crippen molar-refractivity contribution in [2.24, 2.45) is 5.92 Å². The molecule has 0 spiro atoms. The zero-order valence-electron chi connectivity index (χ0n) is 16.4. The summed E-state index contributed by atoms with van der Waals surface area (Å²) in [4.78, 5) is 30.8. The number of aryl methyl sites for hydroxylation is 1. The molecule has 1 aliphatic heterocycles. The van der Waals surface area contributed by atoms with E-state index in [4.69, 9.17) is 13.6 Å². The number of carbonyl (C=O) groups is 2. The molecule has 29 heavy (non-hydrogen) atoms. The van der Waals surface area contributed by atoms with Gasteiger partial charge in [-0.25, -0.2) is 4.79 Å². The summed E-state index contributed by atoms with van der Waals surface area (Å²) in [6.45, 7) is 3.34. The number of benzene rings is 1. The highest BCUT2D eigenvalue weighted by Crippen LogP contribution is 2.26. The smallest absolute Gasteiger partial charge is 0.341 e. The fourth-order valence-electron chi connectivity index (χ4n) is 3.59. The number of fused-ring (bicyclic) bond motifs is 1. The molecule has 0 bridgehead atoms. The molecule has 0 unspecified atom stereocenters. The standard InChI is InChI=1S/C21H23N3O5/c1-13-16(20(26)27-2)11-15(28-13)12-22-19(25)14-7-9-24(10-8-14)21-23-17-5-3-4-6-18(17)29-21/h3-6,11,14H,7-10,12H2,1-2H3,(H,22,25). The number of para-hydroxylation sites is 2. The third-order valence-corrected chi connectivity index (χ3v) is 5.23. The van der Waals surface area contributed by atoms with Crippen LogP contribution in [0.15, 0.2) is 39.2 Å². The van der Waals surface area contributed by atoms with E-state index < -0.39 is 5.97 Å². The Balaban J connectivity index is 1.30. The summed E-state index contributed by atoms with van der Waals surface area (Å²) < 4.78 is 16.1. The zero-order chi connectivity index (χ0) is 20.4. The van der Waals surface area contributed by atoms with Crippen LogP contribution in [0.25, 0.3) is 11.1 Å². The first-order valence-corrected chi connectivity index (χ1v) is 9.61. The van der Waals surface area contributed by atoms with Crippen LogP contribution in [0.2, 0.25) is 0 Å². The van der Waals surface area contributed by atoms with Crippen LogP contribution in [-0.2, 0) is 16.1 Å². The molecule has 2 aromatic heterocycles. The van der Waals surface area contributed by atoms with Gasteiger partial charge in [-0.2, -0.15) is 4.98 Å². The largest absolute Gasteiger partial charge is 0.465 e. The van der Waals surface area contributed by atoms with E-state index in [1.807, 2.05) is 24.3 Å². The predicted molar refractivity (Wildman–Crippen MR) is 106 cm³/mol. The number of nitrogens with zero attached hydrogens (tertiary/aromatic N) is 2. The number of rotatable bonds is 5. The Kier molecular flexibility index (Phi) is 5.24. The monoisotopic (exact) mass is 397 g/mol. The molecule has 1 aromatic carbocycles. The molecule has 0 aliphatic carbocycles. The van der Waals surface area contributed by atoms with Crippen LogP contribution in [0, 0.1) is 12.8 Å². The molecule has 1 saturated heterocycles. The first kappa shape index (κ1) is 19.0. The van der Waals surface area contributed by atoms with Crippen molar-refractivity contribution in [1.82, 2.24) is 10.3 Å². The van der Waals surface area contributed by atoms with Crippen LogP contribution < -0.4 is 10.2 Å². The Labute approximate surface area is 167 Å². The highest BCUT2D eigenvalue weighted by Gasteiger charge is 2.27. The van der Waals surface area contributed by atoms with E-state index >= 15 is 0 Å². The molecular weight excluding hydrogens is 374 g/mol. The Morgan fingerprint density at radius 3 is 2.72 bits per heavy atom. The van der Waals surface area contributed by atoms with Crippen LogP contribution in [-0.4, -0.2) is 37.1 Å². The first-order valence-electron chi connectivity index (χ1n) is 9.61. The van der Waals surface area contributed by atoms with E-state index in [0.29, 0.717) is 36.2 Å². The Morgan fingerprint density at radius 2 is 2.00 bits per heavy atom. The second kappa shape index (κ2) is 7.98. The lowest BCUT2D eigenvalue weighted by molar-refractivity contribution is -0.125. The number of hydrogen-bond donors (Lipinski definition) is 1. The maximum atomic E-state index is 12.5. The van der Waals surface area contributed by atoms with Gasteiger partial charge in [0.05, 0.1) is 13.7 Å². The molecule has 1 aliphatic rings. The van der Waals surface area contributed by atoms with Gasteiger partial charge < -0.3 is 23.8 Å². The number of ether oxygens (including phenoxy) is 1. The van der Waals surface area contributed by atoms with Gasteiger partial charge in [-0.15, -0.1) is 0 Å². The maximum Gasteiger partial charge on any atom is 0.341 e. The number of aromatic nitrogens is 1. The molecule has 4 rings (SSSR count). The topological polar surface area (TPSA) is 97.8 Å². The van der Waals surface area contributed by atoms with Gasteiger partial charge in [-0.05, 0) is 38.0 Å². The molecule has 3 aromatic rings. The Hall–Kier alpha value is -3.29. The van der Waals surface area contributed by atoms with Gasteiger partial charge in [0.1, 0.15) is 22.6 Å². The van der Waals surface area contributed by atoms with Crippen molar-refractivity contribution in [3.8, 4) is 0 Å². The van der Waals surface area contributed by atoms with Crippen LogP contribution in [0.1, 0.15) is 34.7 Å². The van der Waals surface area contributed by atoms with Gasteiger partial charge in [0.15, 0.2) is 5.58 Å². The van der Waals surface area contributed by atoms with Crippen LogP contribution in [0.5, 0.6) is 0 Å². The summed E-state index contributed by atoms with van der Waals surface area (Å²) >= 11 is 0. The van der Waals surface area contributed by atoms with Crippen LogP contribution >= 0.6 is 0 Å². The van der Waals surface area contributed by atoms with Gasteiger partial charge in [0, 0.05) is 19.0 Å². The predicted octanol–water partition coefficient (Wildman–Crippen LogP) is 3.05. The summed E-state index contributed by atoms with van der Waals surface area (Å²) in [5.41, 5.74) is 1.98. The van der Waals surface area contributed by atoms with Crippen molar-refractivity contribution >= 4 is 29.0 Å². The minimum absolute atomic E-state index is 0.0177. The average Bonchev–Trinajstić information content (AvgIpc) is 3.35. The molecular formula is C21H23N3O5. The summed E-state index contributed by atoms with van der Waals surface area (Å²) in [5.74, 6) is 0.464. The second-order valence-electron chi connectivity index (χ2n) is 7.12. The van der Waals surface area contributed by atoms with Gasteiger partial charge in [0.2, 0.25) is 5.91 Å². The highest BCUT2D eigenvalue weighted by molar-refractivity contribution is 5.90. The number of carbonyl (C=O) groups excluding carboxylic acids is 2. The lowest BCUT2D eigenvalue weighted by Gasteiger charge is -2.30. The number of anilines is 1. The van der Waals surface area contributed by atoms with E-state index in [1.54, 1.807) is 13.0 Å². The summed E-state index contributed by atoms with van der Waals surface area (Å²) in [5, 5.41) is 2.90.